The molecule has 0 aliphatic carbocycles. The summed E-state index contributed by atoms with van der Waals surface area (Å²) >= 11 is 0. The number of ketones is 1. The molecule has 1 rings (SSSR count). The Morgan fingerprint density at radius 1 is 1.05 bits per heavy atom. The predicted octanol–water partition coefficient (Wildman–Crippen LogP) is 4.10. The Hall–Kier alpha value is -0.410. The van der Waals surface area contributed by atoms with Gasteiger partial charge in [-0.2, -0.15) is 0 Å². The quantitative estimate of drug-likeness (QED) is 0.561. The smallest absolute Gasteiger partial charge is 0.175 e. The molecule has 3 heteroatoms. The van der Waals surface area contributed by atoms with Gasteiger partial charge >= 0.3 is 0 Å². The number of carbonyl (C=O) groups excluding carboxylic acids is 1. The Balaban J connectivity index is 2.54. The molecule has 0 spiro atoms. The summed E-state index contributed by atoms with van der Waals surface area (Å²) in [5.74, 6) is -0.432. The molecule has 1 fully saturated rings. The fraction of sp³-hybridized carbons (Fsp3) is 0.938. The average molecular weight is 270 g/mol. The molecule has 1 heterocycles. The van der Waals surface area contributed by atoms with Crippen molar-refractivity contribution in [2.24, 2.45) is 5.92 Å². The summed E-state index contributed by atoms with van der Waals surface area (Å²) in [6.45, 7) is 7.49. The van der Waals surface area contributed by atoms with Crippen LogP contribution in [-0.4, -0.2) is 24.8 Å². The van der Waals surface area contributed by atoms with E-state index < -0.39 is 5.79 Å². The van der Waals surface area contributed by atoms with Gasteiger partial charge in [-0.1, -0.05) is 46.0 Å². The first-order valence-electron chi connectivity index (χ1n) is 7.94. The van der Waals surface area contributed by atoms with Crippen molar-refractivity contribution in [1.82, 2.24) is 0 Å². The van der Waals surface area contributed by atoms with Crippen molar-refractivity contribution < 1.29 is 14.3 Å². The first kappa shape index (κ1) is 16.6. The van der Waals surface area contributed by atoms with Gasteiger partial charge in [0.25, 0.3) is 0 Å². The van der Waals surface area contributed by atoms with Gasteiger partial charge in [0, 0.05) is 6.42 Å². The maximum Gasteiger partial charge on any atom is 0.175 e. The van der Waals surface area contributed by atoms with Crippen molar-refractivity contribution in [3.8, 4) is 0 Å². The van der Waals surface area contributed by atoms with Crippen LogP contribution < -0.4 is 0 Å². The second kappa shape index (κ2) is 8.70. The van der Waals surface area contributed by atoms with Gasteiger partial charge in [0.05, 0.1) is 19.1 Å². The molecule has 1 saturated heterocycles. The molecule has 19 heavy (non-hydrogen) atoms. The van der Waals surface area contributed by atoms with E-state index in [0.29, 0.717) is 25.4 Å². The maximum atomic E-state index is 12.4. The summed E-state index contributed by atoms with van der Waals surface area (Å²) in [6.07, 6.45) is 8.36. The van der Waals surface area contributed by atoms with Crippen molar-refractivity contribution in [2.45, 2.75) is 77.9 Å². The third kappa shape index (κ3) is 5.23. The van der Waals surface area contributed by atoms with Gasteiger partial charge in [-0.05, 0) is 19.8 Å². The lowest BCUT2D eigenvalue weighted by Gasteiger charge is -2.31. The van der Waals surface area contributed by atoms with E-state index in [1.807, 2.05) is 6.92 Å². The first-order valence-corrected chi connectivity index (χ1v) is 7.94. The van der Waals surface area contributed by atoms with Crippen LogP contribution in [0.5, 0.6) is 0 Å². The molecular weight excluding hydrogens is 240 g/mol. The Bertz CT molecular complexity index is 257. The minimum absolute atomic E-state index is 0.0848. The minimum Gasteiger partial charge on any atom is -0.347 e. The number of carbonyl (C=O) groups is 1. The standard InChI is InChI=1S/C16H30O3/c1-4-6-8-9-10-14(15(17)11-7-5-2)16(3)18-12-13-19-16/h14H,4-13H2,1-3H3. The molecular formula is C16H30O3. The summed E-state index contributed by atoms with van der Waals surface area (Å²) in [6, 6.07) is 0. The summed E-state index contributed by atoms with van der Waals surface area (Å²) < 4.78 is 11.4. The molecule has 0 amide bonds. The highest BCUT2D eigenvalue weighted by Crippen LogP contribution is 2.33. The molecule has 0 aromatic rings. The molecule has 1 aliphatic rings. The first-order chi connectivity index (χ1) is 9.14. The van der Waals surface area contributed by atoms with Crippen LogP contribution in [0.1, 0.15) is 72.1 Å². The van der Waals surface area contributed by atoms with Gasteiger partial charge in [-0.3, -0.25) is 4.79 Å². The van der Waals surface area contributed by atoms with E-state index in [1.165, 1.54) is 19.3 Å². The van der Waals surface area contributed by atoms with Gasteiger partial charge < -0.3 is 9.47 Å². The van der Waals surface area contributed by atoms with E-state index in [0.717, 1.165) is 25.7 Å². The summed E-state index contributed by atoms with van der Waals surface area (Å²) in [5, 5.41) is 0. The number of unbranched alkanes of at least 4 members (excludes halogenated alkanes) is 4. The summed E-state index contributed by atoms with van der Waals surface area (Å²) in [5.41, 5.74) is 0. The van der Waals surface area contributed by atoms with E-state index in [4.69, 9.17) is 9.47 Å². The third-order valence-electron chi connectivity index (χ3n) is 4.01. The highest BCUT2D eigenvalue weighted by atomic mass is 16.7. The predicted molar refractivity (Wildman–Crippen MR) is 77.1 cm³/mol. The third-order valence-corrected chi connectivity index (χ3v) is 4.01. The van der Waals surface area contributed by atoms with Crippen LogP contribution in [0.25, 0.3) is 0 Å². The number of Topliss-reactive ketones (excluding diaryl/α,β-unsaturated/α-hetero) is 1. The highest BCUT2D eigenvalue weighted by Gasteiger charge is 2.42. The van der Waals surface area contributed by atoms with E-state index >= 15 is 0 Å². The Kier molecular flexibility index (Phi) is 7.62. The van der Waals surface area contributed by atoms with Gasteiger partial charge in [0.1, 0.15) is 5.78 Å². The maximum absolute atomic E-state index is 12.4. The zero-order valence-corrected chi connectivity index (χ0v) is 12.9. The van der Waals surface area contributed by atoms with Crippen LogP contribution in [0.2, 0.25) is 0 Å². The SMILES string of the molecule is CCCCCCC(C(=O)CCCC)C1(C)OCCO1. The van der Waals surface area contributed by atoms with Crippen LogP contribution in [0.4, 0.5) is 0 Å². The van der Waals surface area contributed by atoms with Crippen molar-refractivity contribution in [3.63, 3.8) is 0 Å². The van der Waals surface area contributed by atoms with Crippen LogP contribution in [0, 0.1) is 5.92 Å². The van der Waals surface area contributed by atoms with Crippen molar-refractivity contribution >= 4 is 5.78 Å². The zero-order chi connectivity index (χ0) is 14.1. The molecule has 0 bridgehead atoms. The fourth-order valence-electron chi connectivity index (χ4n) is 2.75. The molecule has 112 valence electrons. The Morgan fingerprint density at radius 2 is 1.68 bits per heavy atom. The zero-order valence-electron chi connectivity index (χ0n) is 12.9. The van der Waals surface area contributed by atoms with E-state index in [9.17, 15) is 4.79 Å². The lowest BCUT2D eigenvalue weighted by Crippen LogP contribution is -2.40. The molecule has 0 N–H and O–H groups in total. The highest BCUT2D eigenvalue weighted by molar-refractivity contribution is 5.81. The molecule has 3 nitrogen and oxygen atoms in total. The molecule has 0 aromatic heterocycles. The monoisotopic (exact) mass is 270 g/mol. The van der Waals surface area contributed by atoms with Crippen LogP contribution in [0.15, 0.2) is 0 Å². The van der Waals surface area contributed by atoms with Crippen molar-refractivity contribution in [1.29, 1.82) is 0 Å². The molecule has 0 aromatic carbocycles. The second-order valence-corrected chi connectivity index (χ2v) is 5.68. The lowest BCUT2D eigenvalue weighted by atomic mass is 9.87. The largest absolute Gasteiger partial charge is 0.347 e. The summed E-state index contributed by atoms with van der Waals surface area (Å²) in [4.78, 5) is 12.4. The average Bonchev–Trinajstić information content (AvgIpc) is 2.83. The van der Waals surface area contributed by atoms with Gasteiger partial charge in [0.2, 0.25) is 0 Å². The van der Waals surface area contributed by atoms with Gasteiger partial charge in [-0.25, -0.2) is 0 Å². The topological polar surface area (TPSA) is 35.5 Å². The molecule has 1 aliphatic heterocycles. The second-order valence-electron chi connectivity index (χ2n) is 5.68. The van der Waals surface area contributed by atoms with E-state index in [-0.39, 0.29) is 5.92 Å². The molecule has 1 unspecified atom stereocenters. The van der Waals surface area contributed by atoms with E-state index in [1.54, 1.807) is 0 Å². The van der Waals surface area contributed by atoms with Crippen molar-refractivity contribution in [2.75, 3.05) is 13.2 Å². The van der Waals surface area contributed by atoms with Crippen molar-refractivity contribution in [3.05, 3.63) is 0 Å². The van der Waals surface area contributed by atoms with Crippen LogP contribution in [-0.2, 0) is 14.3 Å². The normalized spacial score (nSPS) is 19.5. The number of rotatable bonds is 10. The number of ether oxygens (including phenoxy) is 2. The molecule has 0 radical (unpaired) electrons. The fourth-order valence-corrected chi connectivity index (χ4v) is 2.75. The minimum atomic E-state index is -0.670. The molecule has 0 saturated carbocycles. The van der Waals surface area contributed by atoms with Gasteiger partial charge in [0.15, 0.2) is 5.79 Å². The molecule has 1 atom stereocenters. The van der Waals surface area contributed by atoms with E-state index in [2.05, 4.69) is 13.8 Å². The van der Waals surface area contributed by atoms with Crippen LogP contribution in [0.3, 0.4) is 0 Å². The van der Waals surface area contributed by atoms with Crippen LogP contribution >= 0.6 is 0 Å². The Morgan fingerprint density at radius 3 is 2.26 bits per heavy atom. The summed E-state index contributed by atoms with van der Waals surface area (Å²) in [7, 11) is 0. The van der Waals surface area contributed by atoms with Gasteiger partial charge in [-0.15, -0.1) is 0 Å². The number of hydrogen-bond acceptors (Lipinski definition) is 3. The number of hydrogen-bond donors (Lipinski definition) is 0. The Labute approximate surface area is 118 Å². The lowest BCUT2D eigenvalue weighted by molar-refractivity contribution is -0.187.